The maximum absolute atomic E-state index is 12.4. The highest BCUT2D eigenvalue weighted by Crippen LogP contribution is 2.42. The van der Waals surface area contributed by atoms with Crippen LogP contribution >= 0.6 is 11.3 Å². The maximum Gasteiger partial charge on any atom is 0.348 e. The van der Waals surface area contributed by atoms with Crippen LogP contribution in [0.2, 0.25) is 0 Å². The van der Waals surface area contributed by atoms with Gasteiger partial charge in [-0.1, -0.05) is 12.1 Å². The molecule has 0 saturated carbocycles. The number of thiophene rings is 1. The maximum atomic E-state index is 12.4. The third kappa shape index (κ3) is 4.30. The van der Waals surface area contributed by atoms with Gasteiger partial charge in [0.25, 0.3) is 5.91 Å². The molecule has 1 aliphatic rings. The van der Waals surface area contributed by atoms with Gasteiger partial charge in [-0.2, -0.15) is 10.5 Å². The molecule has 28 heavy (non-hydrogen) atoms. The number of nitriles is 2. The molecule has 1 aliphatic heterocycles. The SMILES string of the molecule is N#CCCN(CCC#N)C(=O)COC(=O)c1cc2c(s1)-c1ccccc1OC2. The Hall–Kier alpha value is -3.36. The molecule has 2 heterocycles. The lowest BCUT2D eigenvalue weighted by Crippen LogP contribution is -2.36. The Balaban J connectivity index is 1.64. The van der Waals surface area contributed by atoms with E-state index in [2.05, 4.69) is 0 Å². The van der Waals surface area contributed by atoms with Crippen molar-refractivity contribution in [3.63, 3.8) is 0 Å². The number of rotatable bonds is 7. The van der Waals surface area contributed by atoms with Gasteiger partial charge in [0.1, 0.15) is 17.2 Å². The van der Waals surface area contributed by atoms with Gasteiger partial charge in [0.05, 0.1) is 25.0 Å². The number of hydrogen-bond acceptors (Lipinski definition) is 7. The van der Waals surface area contributed by atoms with Crippen LogP contribution in [0.15, 0.2) is 30.3 Å². The summed E-state index contributed by atoms with van der Waals surface area (Å²) in [6.07, 6.45) is 0.310. The summed E-state index contributed by atoms with van der Waals surface area (Å²) in [5.41, 5.74) is 1.84. The van der Waals surface area contributed by atoms with E-state index < -0.39 is 18.5 Å². The van der Waals surface area contributed by atoms with E-state index in [0.29, 0.717) is 11.5 Å². The Morgan fingerprint density at radius 1 is 1.18 bits per heavy atom. The van der Waals surface area contributed by atoms with E-state index in [1.165, 1.54) is 16.2 Å². The predicted molar refractivity (Wildman–Crippen MR) is 101 cm³/mol. The third-order valence-electron chi connectivity index (χ3n) is 4.19. The van der Waals surface area contributed by atoms with Crippen molar-refractivity contribution in [1.29, 1.82) is 10.5 Å². The van der Waals surface area contributed by atoms with Crippen LogP contribution in [0, 0.1) is 22.7 Å². The van der Waals surface area contributed by atoms with Crippen molar-refractivity contribution < 1.29 is 19.1 Å². The van der Waals surface area contributed by atoms with Crippen molar-refractivity contribution >= 4 is 23.2 Å². The van der Waals surface area contributed by atoms with Gasteiger partial charge < -0.3 is 14.4 Å². The number of carbonyl (C=O) groups excluding carboxylic acids is 2. The fraction of sp³-hybridized carbons (Fsp3) is 0.300. The first-order valence-corrected chi connectivity index (χ1v) is 9.49. The lowest BCUT2D eigenvalue weighted by Gasteiger charge is -2.19. The van der Waals surface area contributed by atoms with Crippen LogP contribution in [-0.2, 0) is 16.1 Å². The zero-order valence-corrected chi connectivity index (χ0v) is 15.8. The second kappa shape index (κ2) is 9.03. The molecule has 7 nitrogen and oxygen atoms in total. The van der Waals surface area contributed by atoms with E-state index in [0.717, 1.165) is 21.8 Å². The first-order chi connectivity index (χ1) is 13.6. The molecule has 1 aromatic heterocycles. The number of nitrogens with zero attached hydrogens (tertiary/aromatic N) is 3. The van der Waals surface area contributed by atoms with Gasteiger partial charge >= 0.3 is 5.97 Å². The van der Waals surface area contributed by atoms with Crippen LogP contribution in [0.5, 0.6) is 5.75 Å². The normalized spacial score (nSPS) is 11.2. The largest absolute Gasteiger partial charge is 0.488 e. The summed E-state index contributed by atoms with van der Waals surface area (Å²) in [5, 5.41) is 17.4. The van der Waals surface area contributed by atoms with Crippen molar-refractivity contribution in [2.24, 2.45) is 0 Å². The van der Waals surface area contributed by atoms with Crippen molar-refractivity contribution in [3.05, 3.63) is 40.8 Å². The quantitative estimate of drug-likeness (QED) is 0.667. The lowest BCUT2D eigenvalue weighted by molar-refractivity contribution is -0.134. The molecule has 0 spiro atoms. The summed E-state index contributed by atoms with van der Waals surface area (Å²) in [7, 11) is 0. The summed E-state index contributed by atoms with van der Waals surface area (Å²) in [4.78, 5) is 27.4. The smallest absolute Gasteiger partial charge is 0.348 e. The molecule has 0 fully saturated rings. The molecule has 0 aliphatic carbocycles. The van der Waals surface area contributed by atoms with Crippen molar-refractivity contribution in [1.82, 2.24) is 4.90 Å². The van der Waals surface area contributed by atoms with E-state index >= 15 is 0 Å². The number of ether oxygens (including phenoxy) is 2. The van der Waals surface area contributed by atoms with Gasteiger partial charge in [-0.3, -0.25) is 4.79 Å². The van der Waals surface area contributed by atoms with E-state index in [9.17, 15) is 9.59 Å². The minimum atomic E-state index is -0.578. The van der Waals surface area contributed by atoms with Crippen molar-refractivity contribution in [2.45, 2.75) is 19.4 Å². The number of para-hydroxylation sites is 1. The number of amides is 1. The molecule has 0 saturated heterocycles. The fourth-order valence-electron chi connectivity index (χ4n) is 2.82. The molecule has 3 rings (SSSR count). The zero-order chi connectivity index (χ0) is 19.9. The van der Waals surface area contributed by atoms with Gasteiger partial charge in [0, 0.05) is 29.1 Å². The summed E-state index contributed by atoms with van der Waals surface area (Å²) in [5.74, 6) is -0.225. The van der Waals surface area contributed by atoms with Gasteiger partial charge in [-0.05, 0) is 18.2 Å². The first kappa shape index (κ1) is 19.4. The van der Waals surface area contributed by atoms with E-state index in [1.807, 2.05) is 36.4 Å². The Morgan fingerprint density at radius 3 is 2.61 bits per heavy atom. The van der Waals surface area contributed by atoms with E-state index in [4.69, 9.17) is 20.0 Å². The first-order valence-electron chi connectivity index (χ1n) is 8.67. The van der Waals surface area contributed by atoms with Crippen molar-refractivity contribution in [2.75, 3.05) is 19.7 Å². The third-order valence-corrected chi connectivity index (χ3v) is 5.38. The average Bonchev–Trinajstić information content (AvgIpc) is 3.17. The number of esters is 1. The molecular weight excluding hydrogens is 378 g/mol. The molecule has 1 amide bonds. The zero-order valence-electron chi connectivity index (χ0n) is 15.0. The number of fused-ring (bicyclic) bond motifs is 3. The van der Waals surface area contributed by atoms with Crippen LogP contribution in [-0.4, -0.2) is 36.5 Å². The second-order valence-corrected chi connectivity index (χ2v) is 7.08. The summed E-state index contributed by atoms with van der Waals surface area (Å²) in [6, 6.07) is 13.3. The topological polar surface area (TPSA) is 103 Å². The number of benzene rings is 1. The van der Waals surface area contributed by atoms with Crippen LogP contribution < -0.4 is 4.74 Å². The van der Waals surface area contributed by atoms with Gasteiger partial charge in [-0.15, -0.1) is 11.3 Å². The Kier molecular flexibility index (Phi) is 6.25. The van der Waals surface area contributed by atoms with Crippen LogP contribution in [0.1, 0.15) is 28.1 Å². The summed E-state index contributed by atoms with van der Waals surface area (Å²) in [6.45, 7) is 0.364. The minimum absolute atomic E-state index is 0.155. The summed E-state index contributed by atoms with van der Waals surface area (Å²) < 4.78 is 10.9. The standard InChI is InChI=1S/C20H17N3O4S/c21-7-3-9-23(10-4-8-22)18(24)13-27-20(25)17-11-14-12-26-16-6-2-1-5-15(16)19(14)28-17/h1-2,5-6,11H,3-4,9-10,12-13H2. The monoisotopic (exact) mass is 395 g/mol. The van der Waals surface area contributed by atoms with E-state index in [-0.39, 0.29) is 25.9 Å². The Bertz CT molecular complexity index is 953. The molecule has 0 radical (unpaired) electrons. The molecule has 0 atom stereocenters. The number of hydrogen-bond donors (Lipinski definition) is 0. The Morgan fingerprint density at radius 2 is 1.89 bits per heavy atom. The minimum Gasteiger partial charge on any atom is -0.488 e. The van der Waals surface area contributed by atoms with Crippen LogP contribution in [0.25, 0.3) is 10.4 Å². The molecule has 0 N–H and O–H groups in total. The van der Waals surface area contributed by atoms with E-state index in [1.54, 1.807) is 6.07 Å². The van der Waals surface area contributed by atoms with Crippen LogP contribution in [0.3, 0.4) is 0 Å². The highest BCUT2D eigenvalue weighted by atomic mass is 32.1. The fourth-order valence-corrected chi connectivity index (χ4v) is 3.91. The van der Waals surface area contributed by atoms with Gasteiger partial charge in [0.15, 0.2) is 6.61 Å². The number of carbonyl (C=O) groups is 2. The molecule has 1 aromatic carbocycles. The molecule has 8 heteroatoms. The molecule has 2 aromatic rings. The highest BCUT2D eigenvalue weighted by molar-refractivity contribution is 7.17. The van der Waals surface area contributed by atoms with Crippen molar-refractivity contribution in [3.8, 4) is 28.3 Å². The highest BCUT2D eigenvalue weighted by Gasteiger charge is 2.24. The lowest BCUT2D eigenvalue weighted by atomic mass is 10.1. The van der Waals surface area contributed by atoms with Gasteiger partial charge in [0.2, 0.25) is 0 Å². The average molecular weight is 395 g/mol. The molecule has 0 unspecified atom stereocenters. The van der Waals surface area contributed by atoms with Crippen LogP contribution in [0.4, 0.5) is 0 Å². The predicted octanol–water partition coefficient (Wildman–Crippen LogP) is 3.12. The molecule has 142 valence electrons. The van der Waals surface area contributed by atoms with Gasteiger partial charge in [-0.25, -0.2) is 4.79 Å². The summed E-state index contributed by atoms with van der Waals surface area (Å²) >= 11 is 1.31. The molecule has 0 bridgehead atoms. The second-order valence-electron chi connectivity index (χ2n) is 6.02. The Labute approximate surface area is 166 Å². The molecular formula is C20H17N3O4S.